The van der Waals surface area contributed by atoms with Crippen molar-refractivity contribution in [1.82, 2.24) is 19.5 Å². The average Bonchev–Trinajstić information content (AvgIpc) is 2.94. The lowest BCUT2D eigenvalue weighted by atomic mass is 10.4. The third-order valence-electron chi connectivity index (χ3n) is 2.85. The van der Waals surface area contributed by atoms with Crippen LogP contribution in [0.25, 0.3) is 0 Å². The van der Waals surface area contributed by atoms with Crippen LogP contribution in [-0.4, -0.2) is 32.6 Å². The molecule has 20 heavy (non-hydrogen) atoms. The second kappa shape index (κ2) is 7.47. The van der Waals surface area contributed by atoms with Crippen LogP contribution in [0.15, 0.2) is 24.8 Å². The molecule has 0 amide bonds. The summed E-state index contributed by atoms with van der Waals surface area (Å²) in [5.41, 5.74) is 0. The molecular weight excluding hydrogens is 252 g/mol. The molecule has 0 bridgehead atoms. The molecular formula is C14H22N6. The van der Waals surface area contributed by atoms with Gasteiger partial charge in [-0.1, -0.05) is 6.92 Å². The summed E-state index contributed by atoms with van der Waals surface area (Å²) in [5, 5.41) is 6.62. The van der Waals surface area contributed by atoms with Crippen LogP contribution in [0.5, 0.6) is 0 Å². The van der Waals surface area contributed by atoms with Gasteiger partial charge in [-0.05, 0) is 19.8 Å². The average molecular weight is 274 g/mol. The van der Waals surface area contributed by atoms with E-state index in [1.807, 2.05) is 25.5 Å². The lowest BCUT2D eigenvalue weighted by molar-refractivity contribution is 0.660. The molecule has 108 valence electrons. The Hall–Kier alpha value is -2.11. The Kier molecular flexibility index (Phi) is 5.34. The molecule has 0 spiro atoms. The third kappa shape index (κ3) is 4.53. The van der Waals surface area contributed by atoms with Gasteiger partial charge in [0, 0.05) is 38.1 Å². The predicted molar refractivity (Wildman–Crippen MR) is 80.9 cm³/mol. The number of nitrogens with one attached hydrogen (secondary N) is 2. The minimum Gasteiger partial charge on any atom is -0.370 e. The Morgan fingerprint density at radius 2 is 1.90 bits per heavy atom. The number of anilines is 2. The molecule has 6 nitrogen and oxygen atoms in total. The second-order valence-corrected chi connectivity index (χ2v) is 4.69. The first kappa shape index (κ1) is 14.3. The van der Waals surface area contributed by atoms with Gasteiger partial charge in [0.15, 0.2) is 0 Å². The van der Waals surface area contributed by atoms with Crippen molar-refractivity contribution in [2.45, 2.75) is 33.2 Å². The molecule has 2 N–H and O–H groups in total. The molecule has 0 aliphatic rings. The molecule has 2 aromatic rings. The van der Waals surface area contributed by atoms with Crippen molar-refractivity contribution < 1.29 is 0 Å². The van der Waals surface area contributed by atoms with Crippen molar-refractivity contribution in [2.24, 2.45) is 0 Å². The first-order chi connectivity index (χ1) is 9.78. The SMILES string of the molecule is CCCNc1cc(NCCCn2ccnc2)nc(C)n1. The van der Waals surface area contributed by atoms with E-state index in [1.54, 1.807) is 6.20 Å². The molecule has 0 aliphatic carbocycles. The van der Waals surface area contributed by atoms with Gasteiger partial charge in [-0.2, -0.15) is 0 Å². The monoisotopic (exact) mass is 274 g/mol. The van der Waals surface area contributed by atoms with Gasteiger partial charge in [0.1, 0.15) is 17.5 Å². The minimum absolute atomic E-state index is 0.781. The summed E-state index contributed by atoms with van der Waals surface area (Å²) in [5.74, 6) is 2.54. The fourth-order valence-corrected chi connectivity index (χ4v) is 1.90. The van der Waals surface area contributed by atoms with Crippen LogP contribution >= 0.6 is 0 Å². The van der Waals surface area contributed by atoms with Crippen LogP contribution < -0.4 is 10.6 Å². The van der Waals surface area contributed by atoms with Crippen LogP contribution in [0.3, 0.4) is 0 Å². The fourth-order valence-electron chi connectivity index (χ4n) is 1.90. The number of aryl methyl sites for hydroxylation is 2. The highest BCUT2D eigenvalue weighted by molar-refractivity contribution is 5.47. The summed E-state index contributed by atoms with van der Waals surface area (Å²) in [7, 11) is 0. The quantitative estimate of drug-likeness (QED) is 0.723. The first-order valence-corrected chi connectivity index (χ1v) is 7.07. The topological polar surface area (TPSA) is 67.7 Å². The van der Waals surface area contributed by atoms with Gasteiger partial charge in [-0.25, -0.2) is 15.0 Å². The van der Waals surface area contributed by atoms with E-state index in [4.69, 9.17) is 0 Å². The predicted octanol–water partition coefficient (Wildman–Crippen LogP) is 2.31. The number of imidazole rings is 1. The van der Waals surface area contributed by atoms with Gasteiger partial charge in [0.25, 0.3) is 0 Å². The van der Waals surface area contributed by atoms with E-state index in [-0.39, 0.29) is 0 Å². The molecule has 0 unspecified atom stereocenters. The zero-order valence-electron chi connectivity index (χ0n) is 12.1. The van der Waals surface area contributed by atoms with E-state index in [9.17, 15) is 0 Å². The normalized spacial score (nSPS) is 10.5. The molecule has 2 rings (SSSR count). The van der Waals surface area contributed by atoms with Crippen molar-refractivity contribution in [1.29, 1.82) is 0 Å². The van der Waals surface area contributed by atoms with E-state index in [2.05, 4.69) is 37.1 Å². The number of rotatable bonds is 8. The smallest absolute Gasteiger partial charge is 0.131 e. The summed E-state index contributed by atoms with van der Waals surface area (Å²) < 4.78 is 2.07. The molecule has 0 aromatic carbocycles. The highest BCUT2D eigenvalue weighted by Crippen LogP contribution is 2.11. The zero-order valence-corrected chi connectivity index (χ0v) is 12.1. The number of nitrogens with zero attached hydrogens (tertiary/aromatic N) is 4. The van der Waals surface area contributed by atoms with Gasteiger partial charge >= 0.3 is 0 Å². The van der Waals surface area contributed by atoms with E-state index < -0.39 is 0 Å². The Morgan fingerprint density at radius 3 is 2.55 bits per heavy atom. The van der Waals surface area contributed by atoms with E-state index >= 15 is 0 Å². The van der Waals surface area contributed by atoms with Gasteiger partial charge < -0.3 is 15.2 Å². The van der Waals surface area contributed by atoms with Crippen LogP contribution in [0.2, 0.25) is 0 Å². The Balaban J connectivity index is 1.80. The highest BCUT2D eigenvalue weighted by Gasteiger charge is 2.01. The van der Waals surface area contributed by atoms with Crippen molar-refractivity contribution >= 4 is 11.6 Å². The molecule has 0 saturated heterocycles. The molecule has 0 saturated carbocycles. The Labute approximate surface area is 119 Å². The third-order valence-corrected chi connectivity index (χ3v) is 2.85. The largest absolute Gasteiger partial charge is 0.370 e. The first-order valence-electron chi connectivity index (χ1n) is 7.07. The van der Waals surface area contributed by atoms with Gasteiger partial charge in [0.2, 0.25) is 0 Å². The standard InChI is InChI=1S/C14H22N6/c1-3-5-16-13-10-14(19-12(2)18-13)17-6-4-8-20-9-7-15-11-20/h7,9-11H,3-6,8H2,1-2H3,(H2,16,17,18,19). The van der Waals surface area contributed by atoms with Crippen LogP contribution in [0.4, 0.5) is 11.6 Å². The van der Waals surface area contributed by atoms with Gasteiger partial charge in [0.05, 0.1) is 6.33 Å². The number of aromatic nitrogens is 4. The lowest BCUT2D eigenvalue weighted by Gasteiger charge is -2.09. The second-order valence-electron chi connectivity index (χ2n) is 4.69. The van der Waals surface area contributed by atoms with Gasteiger partial charge in [-0.3, -0.25) is 0 Å². The van der Waals surface area contributed by atoms with Crippen molar-refractivity contribution in [3.8, 4) is 0 Å². The lowest BCUT2D eigenvalue weighted by Crippen LogP contribution is -2.09. The van der Waals surface area contributed by atoms with Gasteiger partial charge in [-0.15, -0.1) is 0 Å². The minimum atomic E-state index is 0.781. The number of hydrogen-bond acceptors (Lipinski definition) is 5. The summed E-state index contributed by atoms with van der Waals surface area (Å²) in [6.45, 7) is 6.81. The Bertz CT molecular complexity index is 508. The summed E-state index contributed by atoms with van der Waals surface area (Å²) >= 11 is 0. The maximum absolute atomic E-state index is 4.40. The summed E-state index contributed by atoms with van der Waals surface area (Å²) in [6.07, 6.45) is 7.71. The highest BCUT2D eigenvalue weighted by atomic mass is 15.1. The molecule has 0 aliphatic heterocycles. The van der Waals surface area contributed by atoms with Crippen LogP contribution in [0, 0.1) is 6.92 Å². The molecule has 2 aromatic heterocycles. The van der Waals surface area contributed by atoms with Crippen molar-refractivity contribution in [2.75, 3.05) is 23.7 Å². The Morgan fingerprint density at radius 1 is 1.15 bits per heavy atom. The van der Waals surface area contributed by atoms with Crippen LogP contribution in [-0.2, 0) is 6.54 Å². The van der Waals surface area contributed by atoms with E-state index in [1.165, 1.54) is 0 Å². The van der Waals surface area contributed by atoms with Crippen molar-refractivity contribution in [3.05, 3.63) is 30.6 Å². The maximum Gasteiger partial charge on any atom is 0.131 e. The maximum atomic E-state index is 4.40. The summed E-state index contributed by atoms with van der Waals surface area (Å²) in [6, 6.07) is 1.96. The zero-order chi connectivity index (χ0) is 14.2. The van der Waals surface area contributed by atoms with Crippen molar-refractivity contribution in [3.63, 3.8) is 0 Å². The molecule has 0 fully saturated rings. The number of hydrogen-bond donors (Lipinski definition) is 2. The van der Waals surface area contributed by atoms with E-state index in [0.717, 1.165) is 49.9 Å². The van der Waals surface area contributed by atoms with E-state index in [0.29, 0.717) is 0 Å². The molecule has 0 atom stereocenters. The summed E-state index contributed by atoms with van der Waals surface area (Å²) in [4.78, 5) is 12.8. The molecule has 2 heterocycles. The molecule has 6 heteroatoms. The van der Waals surface area contributed by atoms with Crippen LogP contribution in [0.1, 0.15) is 25.6 Å². The fraction of sp³-hybridized carbons (Fsp3) is 0.500. The molecule has 0 radical (unpaired) electrons.